The first-order chi connectivity index (χ1) is 10.9. The second-order valence-electron chi connectivity index (χ2n) is 6.65. The number of nitrogens with zero attached hydrogens (tertiary/aromatic N) is 1. The molecule has 0 radical (unpaired) electrons. The van der Waals surface area contributed by atoms with Crippen molar-refractivity contribution < 1.29 is 0 Å². The molecule has 22 heavy (non-hydrogen) atoms. The lowest BCUT2D eigenvalue weighted by Gasteiger charge is -2.36. The van der Waals surface area contributed by atoms with E-state index in [4.69, 9.17) is 0 Å². The van der Waals surface area contributed by atoms with E-state index in [0.717, 1.165) is 0 Å². The molecule has 0 bridgehead atoms. The number of unbranched alkanes of at least 4 members (excludes halogenated alkanes) is 5. The lowest BCUT2D eigenvalue weighted by atomic mass is 10.1. The normalized spacial score (nSPS) is 19.4. The highest BCUT2D eigenvalue weighted by Gasteiger charge is 2.20. The first-order valence-electron chi connectivity index (χ1n) is 9.41. The van der Waals surface area contributed by atoms with Crippen LogP contribution in [0.3, 0.4) is 0 Å². The van der Waals surface area contributed by atoms with Gasteiger partial charge in [-0.25, -0.2) is 0 Å². The summed E-state index contributed by atoms with van der Waals surface area (Å²) in [7, 11) is 0. The summed E-state index contributed by atoms with van der Waals surface area (Å²) in [5.74, 6) is 0. The van der Waals surface area contributed by atoms with Crippen LogP contribution in [-0.2, 0) is 6.42 Å². The van der Waals surface area contributed by atoms with Gasteiger partial charge in [0.15, 0.2) is 0 Å². The third-order valence-electron chi connectivity index (χ3n) is 4.79. The van der Waals surface area contributed by atoms with Gasteiger partial charge in [0.1, 0.15) is 0 Å². The minimum atomic E-state index is 0.588. The van der Waals surface area contributed by atoms with Gasteiger partial charge in [-0.15, -0.1) is 0 Å². The molecule has 1 aliphatic heterocycles. The van der Waals surface area contributed by atoms with E-state index in [1.165, 1.54) is 83.0 Å². The van der Waals surface area contributed by atoms with E-state index in [-0.39, 0.29) is 0 Å². The fourth-order valence-electron chi connectivity index (χ4n) is 3.43. The maximum Gasteiger partial charge on any atom is 0.0600 e. The Morgan fingerprint density at radius 3 is 2.64 bits per heavy atom. The number of hydrogen-bond acceptors (Lipinski definition) is 2. The van der Waals surface area contributed by atoms with Crippen LogP contribution < -0.4 is 5.32 Å². The quantitative estimate of drug-likeness (QED) is 0.635. The van der Waals surface area contributed by atoms with Gasteiger partial charge in [0.05, 0.1) is 6.17 Å². The molecular formula is C20H34N2. The molecule has 0 spiro atoms. The van der Waals surface area contributed by atoms with Gasteiger partial charge in [0, 0.05) is 6.54 Å². The summed E-state index contributed by atoms with van der Waals surface area (Å²) in [6.07, 6.45) is 12.7. The summed E-state index contributed by atoms with van der Waals surface area (Å²) in [5.41, 5.74) is 1.47. The Bertz CT molecular complexity index is 377. The molecule has 0 aromatic heterocycles. The van der Waals surface area contributed by atoms with Crippen molar-refractivity contribution in [3.8, 4) is 0 Å². The number of hydrogen-bond donors (Lipinski definition) is 1. The summed E-state index contributed by atoms with van der Waals surface area (Å²) in [4.78, 5) is 2.69. The minimum Gasteiger partial charge on any atom is -0.302 e. The van der Waals surface area contributed by atoms with Crippen molar-refractivity contribution in [2.24, 2.45) is 0 Å². The molecule has 1 atom stereocenters. The van der Waals surface area contributed by atoms with Gasteiger partial charge >= 0.3 is 0 Å². The molecule has 2 rings (SSSR count). The summed E-state index contributed by atoms with van der Waals surface area (Å²) in [6, 6.07) is 10.9. The Morgan fingerprint density at radius 1 is 1.05 bits per heavy atom. The molecule has 1 fully saturated rings. The van der Waals surface area contributed by atoms with E-state index in [1.807, 2.05) is 0 Å². The summed E-state index contributed by atoms with van der Waals surface area (Å²) < 4.78 is 0. The van der Waals surface area contributed by atoms with Crippen LogP contribution in [0.1, 0.15) is 63.9 Å². The first-order valence-corrected chi connectivity index (χ1v) is 9.41. The number of nitrogens with one attached hydrogen (secondary N) is 1. The van der Waals surface area contributed by atoms with Crippen LogP contribution in [0.2, 0.25) is 0 Å². The molecule has 1 saturated heterocycles. The maximum absolute atomic E-state index is 3.73. The van der Waals surface area contributed by atoms with Crippen molar-refractivity contribution in [3.05, 3.63) is 35.9 Å². The van der Waals surface area contributed by atoms with Crippen LogP contribution in [0.4, 0.5) is 0 Å². The SMILES string of the molecule is CCCCCCCCN1CCCNC1CCc1ccccc1. The molecule has 1 aromatic rings. The van der Waals surface area contributed by atoms with Gasteiger partial charge in [-0.1, -0.05) is 69.4 Å². The van der Waals surface area contributed by atoms with Crippen LogP contribution in [0.5, 0.6) is 0 Å². The number of aryl methyl sites for hydroxylation is 1. The zero-order valence-electron chi connectivity index (χ0n) is 14.4. The molecule has 0 saturated carbocycles. The third-order valence-corrected chi connectivity index (χ3v) is 4.79. The van der Waals surface area contributed by atoms with E-state index in [2.05, 4.69) is 47.5 Å². The summed E-state index contributed by atoms with van der Waals surface area (Å²) >= 11 is 0. The van der Waals surface area contributed by atoms with Gasteiger partial charge in [0.2, 0.25) is 0 Å². The predicted octanol–water partition coefficient (Wildman–Crippen LogP) is 4.60. The van der Waals surface area contributed by atoms with Crippen molar-refractivity contribution in [1.29, 1.82) is 0 Å². The van der Waals surface area contributed by atoms with Crippen LogP contribution in [0.25, 0.3) is 0 Å². The maximum atomic E-state index is 3.73. The van der Waals surface area contributed by atoms with Gasteiger partial charge in [0.25, 0.3) is 0 Å². The van der Waals surface area contributed by atoms with Crippen molar-refractivity contribution in [2.75, 3.05) is 19.6 Å². The fraction of sp³-hybridized carbons (Fsp3) is 0.700. The minimum absolute atomic E-state index is 0.588. The third kappa shape index (κ3) is 6.50. The van der Waals surface area contributed by atoms with Gasteiger partial charge < -0.3 is 5.32 Å². The molecule has 2 heteroatoms. The highest BCUT2D eigenvalue weighted by atomic mass is 15.3. The average Bonchev–Trinajstić information content (AvgIpc) is 2.58. The van der Waals surface area contributed by atoms with Crippen molar-refractivity contribution in [1.82, 2.24) is 10.2 Å². The van der Waals surface area contributed by atoms with Crippen LogP contribution in [0, 0.1) is 0 Å². The van der Waals surface area contributed by atoms with Gasteiger partial charge in [-0.2, -0.15) is 0 Å². The lowest BCUT2D eigenvalue weighted by molar-refractivity contribution is 0.121. The molecule has 1 heterocycles. The predicted molar refractivity (Wildman–Crippen MR) is 96.1 cm³/mol. The molecule has 1 aliphatic rings. The topological polar surface area (TPSA) is 15.3 Å². The zero-order chi connectivity index (χ0) is 15.5. The molecule has 1 aromatic carbocycles. The average molecular weight is 303 g/mol. The highest BCUT2D eigenvalue weighted by molar-refractivity contribution is 5.14. The Kier molecular flexibility index (Phi) is 8.59. The summed E-state index contributed by atoms with van der Waals surface area (Å²) in [6.45, 7) is 6.03. The van der Waals surface area contributed by atoms with E-state index < -0.39 is 0 Å². The van der Waals surface area contributed by atoms with E-state index in [9.17, 15) is 0 Å². The Balaban J connectivity index is 1.66. The molecule has 2 nitrogen and oxygen atoms in total. The molecular weight excluding hydrogens is 268 g/mol. The lowest BCUT2D eigenvalue weighted by Crippen LogP contribution is -2.51. The summed E-state index contributed by atoms with van der Waals surface area (Å²) in [5, 5.41) is 3.73. The monoisotopic (exact) mass is 302 g/mol. The van der Waals surface area contributed by atoms with Gasteiger partial charge in [-0.3, -0.25) is 4.90 Å². The molecule has 1 N–H and O–H groups in total. The van der Waals surface area contributed by atoms with Crippen molar-refractivity contribution in [2.45, 2.75) is 70.9 Å². The number of rotatable bonds is 10. The van der Waals surface area contributed by atoms with Crippen LogP contribution in [-0.4, -0.2) is 30.7 Å². The van der Waals surface area contributed by atoms with E-state index >= 15 is 0 Å². The fourth-order valence-corrected chi connectivity index (χ4v) is 3.43. The highest BCUT2D eigenvalue weighted by Crippen LogP contribution is 2.14. The van der Waals surface area contributed by atoms with Crippen LogP contribution >= 0.6 is 0 Å². The van der Waals surface area contributed by atoms with E-state index in [0.29, 0.717) is 6.17 Å². The zero-order valence-corrected chi connectivity index (χ0v) is 14.4. The van der Waals surface area contributed by atoms with E-state index in [1.54, 1.807) is 0 Å². The second kappa shape index (κ2) is 10.8. The molecule has 1 unspecified atom stereocenters. The van der Waals surface area contributed by atoms with Crippen LogP contribution in [0.15, 0.2) is 30.3 Å². The molecule has 0 aliphatic carbocycles. The number of benzene rings is 1. The molecule has 124 valence electrons. The Morgan fingerprint density at radius 2 is 1.82 bits per heavy atom. The largest absolute Gasteiger partial charge is 0.302 e. The Hall–Kier alpha value is -0.860. The Labute approximate surface area is 137 Å². The second-order valence-corrected chi connectivity index (χ2v) is 6.65. The molecule has 0 amide bonds. The first kappa shape index (κ1) is 17.5. The van der Waals surface area contributed by atoms with Gasteiger partial charge in [-0.05, 0) is 44.3 Å². The smallest absolute Gasteiger partial charge is 0.0600 e. The van der Waals surface area contributed by atoms with Crippen molar-refractivity contribution >= 4 is 0 Å². The standard InChI is InChI=1S/C20H34N2/c1-2-3-4-5-6-10-17-22-18-11-16-21-20(22)15-14-19-12-8-7-9-13-19/h7-9,12-13,20-21H,2-6,10-11,14-18H2,1H3. The van der Waals surface area contributed by atoms with Crippen molar-refractivity contribution in [3.63, 3.8) is 0 Å².